The molecule has 0 spiro atoms. The van der Waals surface area contributed by atoms with E-state index in [-0.39, 0.29) is 45.6 Å². The van der Waals surface area contributed by atoms with Gasteiger partial charge in [0.15, 0.2) is 0 Å². The molecule has 0 N–H and O–H groups in total. The van der Waals surface area contributed by atoms with Gasteiger partial charge in [0.25, 0.3) is 0 Å². The van der Waals surface area contributed by atoms with Gasteiger partial charge in [-0.25, -0.2) is 0 Å². The molecule has 0 saturated heterocycles. The van der Waals surface area contributed by atoms with Crippen molar-refractivity contribution in [2.24, 2.45) is 5.92 Å². The van der Waals surface area contributed by atoms with Crippen LogP contribution in [0.25, 0.3) is 100 Å². The minimum absolute atomic E-state index is 0. The zero-order valence-electron chi connectivity index (χ0n) is 43.6. The van der Waals surface area contributed by atoms with Crippen molar-refractivity contribution in [2.75, 3.05) is 0 Å². The Balaban J connectivity index is 0.000000199. The summed E-state index contributed by atoms with van der Waals surface area (Å²) in [4.78, 5) is 9.25. The molecule has 2 aromatic heterocycles. The minimum Gasteiger partial charge on any atom is -0.305 e. The van der Waals surface area contributed by atoms with Gasteiger partial charge in [0.05, 0.1) is 0 Å². The van der Waals surface area contributed by atoms with E-state index in [1.807, 2.05) is 30.6 Å². The normalized spacial score (nSPS) is 10.9. The second-order valence-electron chi connectivity index (χ2n) is 20.4. The first kappa shape index (κ1) is 54.8. The molecule has 76 heavy (non-hydrogen) atoms. The molecule has 0 saturated carbocycles. The van der Waals surface area contributed by atoms with Crippen LogP contribution in [-0.2, 0) is 52.0 Å². The predicted molar refractivity (Wildman–Crippen MR) is 312 cm³/mol. The molecule has 2 radical (unpaired) electrons. The van der Waals surface area contributed by atoms with Crippen LogP contribution in [0.2, 0.25) is 0 Å². The van der Waals surface area contributed by atoms with Crippen molar-refractivity contribution in [3.63, 3.8) is 0 Å². The van der Waals surface area contributed by atoms with Gasteiger partial charge in [0.1, 0.15) is 0 Å². The number of aromatic nitrogens is 2. The van der Waals surface area contributed by atoms with Gasteiger partial charge >= 0.3 is 0 Å². The molecule has 0 atom stereocenters. The number of hydrogen-bond acceptors (Lipinski definition) is 2. The van der Waals surface area contributed by atoms with Crippen LogP contribution in [0, 0.1) is 18.1 Å². The van der Waals surface area contributed by atoms with Crippen LogP contribution >= 0.6 is 0 Å². The predicted octanol–water partition coefficient (Wildman–Crippen LogP) is 19.3. The molecular formula is C72H60Ir2N2-2. The average Bonchev–Trinajstić information content (AvgIpc) is 3.47. The van der Waals surface area contributed by atoms with Crippen LogP contribution in [0.1, 0.15) is 45.7 Å². The summed E-state index contributed by atoms with van der Waals surface area (Å²) in [5, 5.41) is 0. The maximum Gasteiger partial charge on any atom is 0.0163 e. The first-order valence-electron chi connectivity index (χ1n) is 25.7. The van der Waals surface area contributed by atoms with Gasteiger partial charge in [-0.15, -0.1) is 70.8 Å². The maximum atomic E-state index is 4.65. The van der Waals surface area contributed by atoms with E-state index in [0.717, 1.165) is 34.5 Å². The minimum atomic E-state index is 0. The van der Waals surface area contributed by atoms with Crippen molar-refractivity contribution < 1.29 is 40.2 Å². The molecule has 11 rings (SSSR count). The Morgan fingerprint density at radius 3 is 1.05 bits per heavy atom. The number of benzene rings is 9. The van der Waals surface area contributed by atoms with E-state index in [2.05, 4.69) is 281 Å². The number of pyridine rings is 2. The Labute approximate surface area is 477 Å². The van der Waals surface area contributed by atoms with Crippen LogP contribution in [0.3, 0.4) is 0 Å². The van der Waals surface area contributed by atoms with Gasteiger partial charge in [-0.3, -0.25) is 0 Å². The van der Waals surface area contributed by atoms with Crippen LogP contribution in [-0.4, -0.2) is 9.97 Å². The molecule has 0 aliphatic rings. The number of nitrogens with zero attached hydrogens (tertiary/aromatic N) is 2. The van der Waals surface area contributed by atoms with E-state index < -0.39 is 0 Å². The van der Waals surface area contributed by atoms with Crippen molar-refractivity contribution in [2.45, 2.75) is 46.5 Å². The quantitative estimate of drug-likeness (QED) is 0.121. The molecule has 2 nitrogen and oxygen atoms in total. The Kier molecular flexibility index (Phi) is 18.3. The molecule has 2 heterocycles. The van der Waals surface area contributed by atoms with Gasteiger partial charge in [0, 0.05) is 52.6 Å². The fourth-order valence-corrected chi connectivity index (χ4v) is 9.44. The molecule has 4 heteroatoms. The molecule has 0 amide bonds. The second-order valence-corrected chi connectivity index (χ2v) is 20.4. The Morgan fingerprint density at radius 1 is 0.342 bits per heavy atom. The summed E-state index contributed by atoms with van der Waals surface area (Å²) in [6, 6.07) is 93.0. The first-order valence-corrected chi connectivity index (χ1v) is 25.7. The van der Waals surface area contributed by atoms with E-state index in [1.54, 1.807) is 0 Å². The molecule has 0 aliphatic carbocycles. The number of rotatable bonds is 11. The molecule has 378 valence electrons. The van der Waals surface area contributed by atoms with Crippen molar-refractivity contribution >= 4 is 0 Å². The summed E-state index contributed by atoms with van der Waals surface area (Å²) in [5.41, 5.74) is 23.5. The molecule has 0 fully saturated rings. The van der Waals surface area contributed by atoms with E-state index in [0.29, 0.717) is 5.92 Å². The van der Waals surface area contributed by atoms with Gasteiger partial charge in [-0.05, 0) is 132 Å². The van der Waals surface area contributed by atoms with Gasteiger partial charge in [-0.2, -0.15) is 0 Å². The molecule has 9 aromatic carbocycles. The van der Waals surface area contributed by atoms with Gasteiger partial charge in [0.2, 0.25) is 0 Å². The Bertz CT molecular complexity index is 3550. The third-order valence-electron chi connectivity index (χ3n) is 13.5. The summed E-state index contributed by atoms with van der Waals surface area (Å²) < 4.78 is 0. The monoisotopic (exact) mass is 1340 g/mol. The fraction of sp³-hybridized carbons (Fsp3) is 0.111. The summed E-state index contributed by atoms with van der Waals surface area (Å²) in [6.45, 7) is 11.2. The largest absolute Gasteiger partial charge is 0.305 e. The SMILES string of the molecule is CC(C)(C)c1ccnc(-c2[c-]ccc(-c3ccc(-c4cc(-c5ccccc5)cc(-c5ccccc5)c4)cc3)c2)c1.CC(C)Cc1ccnc(-c2[c-]ccc(-c3ccc(-c4ccc(-c5ccccc5)cc4)cc3)c2)c1.[Ir].[Ir]. The molecule has 0 unspecified atom stereocenters. The summed E-state index contributed by atoms with van der Waals surface area (Å²) >= 11 is 0. The van der Waals surface area contributed by atoms with Crippen LogP contribution < -0.4 is 0 Å². The van der Waals surface area contributed by atoms with Crippen molar-refractivity contribution in [1.82, 2.24) is 9.97 Å². The zero-order valence-corrected chi connectivity index (χ0v) is 48.4. The van der Waals surface area contributed by atoms with Crippen molar-refractivity contribution in [3.8, 4) is 100 Å². The average molecular weight is 1340 g/mol. The van der Waals surface area contributed by atoms with Crippen molar-refractivity contribution in [1.29, 1.82) is 0 Å². The molecular weight excluding hydrogens is 1280 g/mol. The van der Waals surface area contributed by atoms with Crippen LogP contribution in [0.15, 0.2) is 255 Å². The van der Waals surface area contributed by atoms with E-state index in [1.165, 1.54) is 83.5 Å². The molecule has 11 aromatic rings. The van der Waals surface area contributed by atoms with Crippen molar-refractivity contribution in [3.05, 3.63) is 278 Å². The zero-order chi connectivity index (χ0) is 50.9. The third kappa shape index (κ3) is 13.7. The summed E-state index contributed by atoms with van der Waals surface area (Å²) in [7, 11) is 0. The topological polar surface area (TPSA) is 25.8 Å². The maximum absolute atomic E-state index is 4.65. The van der Waals surface area contributed by atoms with E-state index in [9.17, 15) is 0 Å². The Morgan fingerprint density at radius 2 is 0.671 bits per heavy atom. The molecule has 0 aliphatic heterocycles. The van der Waals surface area contributed by atoms with E-state index in [4.69, 9.17) is 0 Å². The van der Waals surface area contributed by atoms with Crippen LogP contribution in [0.5, 0.6) is 0 Å². The van der Waals surface area contributed by atoms with E-state index >= 15 is 0 Å². The second kappa shape index (κ2) is 25.4. The standard InChI is InChI=1S/C39H32N.C33H28N.2Ir/c1-39(2,3)37-21-22-40-38(27-37)33-16-10-15-32(23-33)30-17-19-31(20-18-30)36-25-34(28-11-6-4-7-12-28)24-35(26-36)29-13-8-5-9-14-29;1-24(2)21-25-19-20-34-33(22-25)32-10-6-9-31(23-32)30-17-15-29(16-18-30)28-13-11-27(12-14-28)26-7-4-3-5-8-26;;/h4-15,17-27H,1-3H3;3-9,11-20,22-24H,21H2,1-2H3;;/q2*-1;;. The molecule has 0 bridgehead atoms. The fourth-order valence-electron chi connectivity index (χ4n) is 9.44. The summed E-state index contributed by atoms with van der Waals surface area (Å²) in [6.07, 6.45) is 4.87. The number of hydrogen-bond donors (Lipinski definition) is 0. The van der Waals surface area contributed by atoms with Gasteiger partial charge in [-0.1, -0.05) is 216 Å². The smallest absolute Gasteiger partial charge is 0.0163 e. The van der Waals surface area contributed by atoms with Gasteiger partial charge < -0.3 is 9.97 Å². The first-order chi connectivity index (χ1) is 36.1. The third-order valence-corrected chi connectivity index (χ3v) is 13.5. The Hall–Kier alpha value is -7.42. The van der Waals surface area contributed by atoms with Crippen LogP contribution in [0.4, 0.5) is 0 Å². The summed E-state index contributed by atoms with van der Waals surface area (Å²) in [5.74, 6) is 0.624.